The molecule has 0 aromatic heterocycles. The van der Waals surface area contributed by atoms with Crippen molar-refractivity contribution < 1.29 is 19.1 Å². The third-order valence-corrected chi connectivity index (χ3v) is 4.83. The number of rotatable bonds is 4. The number of amides is 2. The fourth-order valence-electron chi connectivity index (χ4n) is 3.32. The normalized spacial score (nSPS) is 16.7. The van der Waals surface area contributed by atoms with Gasteiger partial charge in [0, 0.05) is 25.2 Å². The predicted molar refractivity (Wildman–Crippen MR) is 118 cm³/mol. The van der Waals surface area contributed by atoms with Gasteiger partial charge in [0.25, 0.3) is 0 Å². The van der Waals surface area contributed by atoms with Gasteiger partial charge in [-0.1, -0.05) is 24.3 Å². The second kappa shape index (κ2) is 9.31. The number of hydrogen-bond donors (Lipinski definition) is 0. The molecule has 1 aliphatic heterocycles. The SMILES string of the molecule is COc1cccc(C=C2CN(C(=O)N(C)C)CC(=Cc3cccc(OC)c3)C2=O)c1. The molecule has 0 spiro atoms. The van der Waals surface area contributed by atoms with E-state index in [4.69, 9.17) is 9.47 Å². The van der Waals surface area contributed by atoms with Crippen molar-refractivity contribution in [3.05, 3.63) is 70.8 Å². The minimum atomic E-state index is -0.143. The summed E-state index contributed by atoms with van der Waals surface area (Å²) in [6.45, 7) is 0.505. The second-order valence-corrected chi connectivity index (χ2v) is 7.25. The van der Waals surface area contributed by atoms with E-state index in [1.165, 1.54) is 4.90 Å². The van der Waals surface area contributed by atoms with E-state index < -0.39 is 0 Å². The number of carbonyl (C=O) groups excluding carboxylic acids is 2. The Hall–Kier alpha value is -3.54. The quantitative estimate of drug-likeness (QED) is 0.726. The third kappa shape index (κ3) is 4.89. The largest absolute Gasteiger partial charge is 0.497 e. The molecule has 6 heteroatoms. The molecule has 0 unspecified atom stereocenters. The average molecular weight is 406 g/mol. The van der Waals surface area contributed by atoms with Gasteiger partial charge in [-0.05, 0) is 47.5 Å². The Morgan fingerprint density at radius 1 is 0.900 bits per heavy atom. The molecule has 3 rings (SSSR count). The maximum atomic E-state index is 13.2. The van der Waals surface area contributed by atoms with E-state index in [9.17, 15) is 9.59 Å². The molecule has 0 saturated carbocycles. The van der Waals surface area contributed by atoms with Crippen molar-refractivity contribution in [3.63, 3.8) is 0 Å². The number of ether oxygens (including phenoxy) is 2. The summed E-state index contributed by atoms with van der Waals surface area (Å²) in [7, 11) is 6.61. The maximum absolute atomic E-state index is 13.2. The van der Waals surface area contributed by atoms with Gasteiger partial charge in [-0.15, -0.1) is 0 Å². The third-order valence-electron chi connectivity index (χ3n) is 4.83. The zero-order valence-corrected chi connectivity index (χ0v) is 17.7. The van der Waals surface area contributed by atoms with Gasteiger partial charge in [-0.3, -0.25) is 4.79 Å². The molecular weight excluding hydrogens is 380 g/mol. The minimum Gasteiger partial charge on any atom is -0.497 e. The molecule has 0 radical (unpaired) electrons. The highest BCUT2D eigenvalue weighted by molar-refractivity contribution is 6.15. The Balaban J connectivity index is 2.01. The van der Waals surface area contributed by atoms with Crippen LogP contribution in [0.3, 0.4) is 0 Å². The number of methoxy groups -OCH3 is 2. The van der Waals surface area contributed by atoms with Gasteiger partial charge in [-0.2, -0.15) is 0 Å². The first kappa shape index (κ1) is 21.2. The van der Waals surface area contributed by atoms with E-state index in [0.29, 0.717) is 22.6 Å². The number of nitrogens with zero attached hydrogens (tertiary/aromatic N) is 2. The van der Waals surface area contributed by atoms with Crippen molar-refractivity contribution in [2.24, 2.45) is 0 Å². The lowest BCUT2D eigenvalue weighted by Gasteiger charge is -2.32. The van der Waals surface area contributed by atoms with Crippen molar-refractivity contribution >= 4 is 24.0 Å². The van der Waals surface area contributed by atoms with Crippen molar-refractivity contribution in [2.75, 3.05) is 41.4 Å². The lowest BCUT2D eigenvalue weighted by molar-refractivity contribution is -0.113. The molecule has 6 nitrogen and oxygen atoms in total. The molecule has 0 aliphatic carbocycles. The summed E-state index contributed by atoms with van der Waals surface area (Å²) >= 11 is 0. The number of Topliss-reactive ketones (excluding diaryl/α,β-unsaturated/α-hetero) is 1. The highest BCUT2D eigenvalue weighted by Crippen LogP contribution is 2.25. The van der Waals surface area contributed by atoms with Gasteiger partial charge in [0.15, 0.2) is 5.78 Å². The summed E-state index contributed by atoms with van der Waals surface area (Å²) in [5.41, 5.74) is 2.80. The molecule has 1 fully saturated rings. The first-order valence-electron chi connectivity index (χ1n) is 9.61. The molecule has 0 N–H and O–H groups in total. The first-order valence-corrected chi connectivity index (χ1v) is 9.61. The number of carbonyl (C=O) groups is 2. The lowest BCUT2D eigenvalue weighted by Crippen LogP contribution is -2.46. The molecule has 1 aliphatic rings. The smallest absolute Gasteiger partial charge is 0.320 e. The van der Waals surface area contributed by atoms with E-state index in [1.807, 2.05) is 60.7 Å². The summed E-state index contributed by atoms with van der Waals surface area (Å²) in [6, 6.07) is 14.8. The minimum absolute atomic E-state index is 0.0663. The fraction of sp³-hybridized carbons (Fsp3) is 0.250. The van der Waals surface area contributed by atoms with Crippen molar-refractivity contribution in [1.29, 1.82) is 0 Å². The van der Waals surface area contributed by atoms with E-state index in [1.54, 1.807) is 33.2 Å². The fourth-order valence-corrected chi connectivity index (χ4v) is 3.32. The van der Waals surface area contributed by atoms with Crippen LogP contribution in [0.15, 0.2) is 59.7 Å². The monoisotopic (exact) mass is 406 g/mol. The highest BCUT2D eigenvalue weighted by Gasteiger charge is 2.29. The van der Waals surface area contributed by atoms with Crippen LogP contribution in [0.1, 0.15) is 11.1 Å². The van der Waals surface area contributed by atoms with Crippen LogP contribution in [0.4, 0.5) is 4.79 Å². The van der Waals surface area contributed by atoms with Crippen molar-refractivity contribution in [1.82, 2.24) is 9.80 Å². The van der Waals surface area contributed by atoms with Gasteiger partial charge in [0.2, 0.25) is 0 Å². The van der Waals surface area contributed by atoms with E-state index in [-0.39, 0.29) is 24.9 Å². The Bertz CT molecular complexity index is 938. The summed E-state index contributed by atoms with van der Waals surface area (Å²) in [5.74, 6) is 1.35. The molecule has 2 amide bonds. The van der Waals surface area contributed by atoms with Crippen molar-refractivity contribution in [3.8, 4) is 11.5 Å². The molecule has 30 heavy (non-hydrogen) atoms. The summed E-state index contributed by atoms with van der Waals surface area (Å²) in [6.07, 6.45) is 3.64. The standard InChI is InChI=1S/C24H26N2O4/c1-25(2)24(28)26-15-19(11-17-7-5-9-21(13-17)29-3)23(27)20(16-26)12-18-8-6-10-22(14-18)30-4/h5-14H,15-16H2,1-4H3. The number of urea groups is 1. The maximum Gasteiger partial charge on any atom is 0.320 e. The van der Waals surface area contributed by atoms with Gasteiger partial charge >= 0.3 is 6.03 Å². The number of benzene rings is 2. The highest BCUT2D eigenvalue weighted by atomic mass is 16.5. The lowest BCUT2D eigenvalue weighted by atomic mass is 9.94. The van der Waals surface area contributed by atoms with Crippen LogP contribution >= 0.6 is 0 Å². The van der Waals surface area contributed by atoms with E-state index in [2.05, 4.69) is 0 Å². The van der Waals surface area contributed by atoms with Gasteiger partial charge in [0.1, 0.15) is 11.5 Å². The van der Waals surface area contributed by atoms with Crippen LogP contribution < -0.4 is 9.47 Å². The Morgan fingerprint density at radius 3 is 1.77 bits per heavy atom. The number of ketones is 1. The summed E-state index contributed by atoms with van der Waals surface area (Å²) < 4.78 is 10.5. The van der Waals surface area contributed by atoms with Crippen LogP contribution in [0, 0.1) is 0 Å². The first-order chi connectivity index (χ1) is 14.4. The Morgan fingerprint density at radius 2 is 1.37 bits per heavy atom. The molecule has 156 valence electrons. The molecule has 0 atom stereocenters. The predicted octanol–water partition coefficient (Wildman–Crippen LogP) is 3.74. The van der Waals surface area contributed by atoms with E-state index >= 15 is 0 Å². The summed E-state index contributed by atoms with van der Waals surface area (Å²) in [5, 5.41) is 0. The molecule has 1 saturated heterocycles. The molecular formula is C24H26N2O4. The average Bonchev–Trinajstić information content (AvgIpc) is 2.76. The van der Waals surface area contributed by atoms with Crippen LogP contribution in [0.25, 0.3) is 12.2 Å². The van der Waals surface area contributed by atoms with E-state index in [0.717, 1.165) is 11.1 Å². The van der Waals surface area contributed by atoms with Crippen LogP contribution in [0.2, 0.25) is 0 Å². The Kier molecular flexibility index (Phi) is 6.57. The molecule has 2 aromatic carbocycles. The number of likely N-dealkylation sites (tertiary alicyclic amines) is 1. The van der Waals surface area contributed by atoms with Crippen molar-refractivity contribution in [2.45, 2.75) is 0 Å². The second-order valence-electron chi connectivity index (χ2n) is 7.25. The number of hydrogen-bond acceptors (Lipinski definition) is 4. The number of piperidine rings is 1. The molecule has 1 heterocycles. The van der Waals surface area contributed by atoms with Crippen LogP contribution in [-0.4, -0.2) is 63.0 Å². The van der Waals surface area contributed by atoms with Gasteiger partial charge in [0.05, 0.1) is 27.3 Å². The summed E-state index contributed by atoms with van der Waals surface area (Å²) in [4.78, 5) is 29.1. The molecule has 2 aromatic rings. The molecule has 0 bridgehead atoms. The Labute approximate surface area is 177 Å². The van der Waals surface area contributed by atoms with Gasteiger partial charge in [-0.25, -0.2) is 4.79 Å². The van der Waals surface area contributed by atoms with Crippen LogP contribution in [-0.2, 0) is 4.79 Å². The topological polar surface area (TPSA) is 59.1 Å². The van der Waals surface area contributed by atoms with Crippen LogP contribution in [0.5, 0.6) is 11.5 Å². The van der Waals surface area contributed by atoms with Gasteiger partial charge < -0.3 is 19.3 Å². The zero-order valence-electron chi connectivity index (χ0n) is 17.7. The zero-order chi connectivity index (χ0) is 21.7.